The average molecular weight is 150 g/mol. The lowest BCUT2D eigenvalue weighted by Gasteiger charge is -2.00. The third-order valence-electron chi connectivity index (χ3n) is 2.59. The third-order valence-corrected chi connectivity index (χ3v) is 2.59. The van der Waals surface area contributed by atoms with Crippen molar-refractivity contribution in [3.05, 3.63) is 24.0 Å². The molecular weight excluding hydrogens is 136 g/mol. The average Bonchev–Trinajstić information content (AvgIpc) is 2.68. The number of nitrogens with zero attached hydrogens (tertiary/aromatic N) is 1. The molecule has 1 saturated carbocycles. The summed E-state index contributed by atoms with van der Waals surface area (Å²) in [5.74, 6) is 1.50. The molecule has 60 valence electrons. The minimum absolute atomic E-state index is 0.750. The number of hydrogen-bond acceptors (Lipinski definition) is 1. The Morgan fingerprint density at radius 2 is 2.55 bits per heavy atom. The molecule has 2 N–H and O–H groups in total. The molecule has 2 nitrogen and oxygen atoms in total. The summed E-state index contributed by atoms with van der Waals surface area (Å²) < 4.78 is 2.19. The molecule has 11 heavy (non-hydrogen) atoms. The van der Waals surface area contributed by atoms with E-state index in [2.05, 4.69) is 29.9 Å². The first kappa shape index (κ1) is 6.92. The van der Waals surface area contributed by atoms with Gasteiger partial charge in [0.05, 0.1) is 0 Å². The zero-order valence-electron chi connectivity index (χ0n) is 6.83. The highest BCUT2D eigenvalue weighted by Gasteiger charge is 2.38. The second-order valence-electron chi connectivity index (χ2n) is 3.38. The lowest BCUT2D eigenvalue weighted by molar-refractivity contribution is 0.757. The molecule has 0 saturated heterocycles. The fourth-order valence-corrected chi connectivity index (χ4v) is 1.73. The number of rotatable bonds is 2. The molecule has 0 unspecified atom stereocenters. The van der Waals surface area contributed by atoms with Gasteiger partial charge >= 0.3 is 0 Å². The zero-order valence-corrected chi connectivity index (χ0v) is 6.83. The summed E-state index contributed by atoms with van der Waals surface area (Å²) in [5, 5.41) is 0. The maximum atomic E-state index is 5.57. The largest absolute Gasteiger partial charge is 0.354 e. The van der Waals surface area contributed by atoms with Gasteiger partial charge in [-0.3, -0.25) is 0 Å². The highest BCUT2D eigenvalue weighted by molar-refractivity contribution is 5.20. The van der Waals surface area contributed by atoms with Crippen LogP contribution in [0.3, 0.4) is 0 Å². The van der Waals surface area contributed by atoms with Gasteiger partial charge in [0.2, 0.25) is 0 Å². The van der Waals surface area contributed by atoms with E-state index in [4.69, 9.17) is 5.73 Å². The number of nitrogens with two attached hydrogens (primary N) is 1. The molecule has 0 amide bonds. The first-order valence-electron chi connectivity index (χ1n) is 4.14. The van der Waals surface area contributed by atoms with E-state index in [1.807, 2.05) is 0 Å². The van der Waals surface area contributed by atoms with E-state index in [0.29, 0.717) is 0 Å². The van der Waals surface area contributed by atoms with E-state index in [1.165, 1.54) is 12.1 Å². The molecular formula is C9H14N2. The lowest BCUT2D eigenvalue weighted by atomic mass is 10.2. The van der Waals surface area contributed by atoms with Gasteiger partial charge in [-0.05, 0) is 31.0 Å². The molecule has 2 atom stereocenters. The Labute approximate surface area is 67.0 Å². The normalized spacial score (nSPS) is 28.9. The Balaban J connectivity index is 2.14. The molecule has 0 bridgehead atoms. The predicted molar refractivity (Wildman–Crippen MR) is 45.3 cm³/mol. The fraction of sp³-hybridized carbons (Fsp3) is 0.556. The summed E-state index contributed by atoms with van der Waals surface area (Å²) in [5.41, 5.74) is 7.02. The van der Waals surface area contributed by atoms with Crippen molar-refractivity contribution in [2.75, 3.05) is 6.54 Å². The molecule has 1 aliphatic rings. The molecule has 1 aromatic heterocycles. The van der Waals surface area contributed by atoms with Crippen LogP contribution in [0.4, 0.5) is 0 Å². The van der Waals surface area contributed by atoms with Gasteiger partial charge in [-0.15, -0.1) is 0 Å². The van der Waals surface area contributed by atoms with E-state index in [9.17, 15) is 0 Å². The second kappa shape index (κ2) is 2.38. The summed E-state index contributed by atoms with van der Waals surface area (Å²) >= 11 is 0. The molecule has 0 aromatic carbocycles. The van der Waals surface area contributed by atoms with Gasteiger partial charge in [-0.2, -0.15) is 0 Å². The fourth-order valence-electron chi connectivity index (χ4n) is 1.73. The predicted octanol–water partition coefficient (Wildman–Crippen LogP) is 1.09. The van der Waals surface area contributed by atoms with Crippen LogP contribution in [0.2, 0.25) is 0 Å². The standard InChI is InChI=1S/C9H14N2/c1-11-4-2-3-9(11)8-5-7(8)6-10/h2-4,7-8H,5-6,10H2,1H3/t7-,8-/m1/s1. The van der Waals surface area contributed by atoms with E-state index in [-0.39, 0.29) is 0 Å². The smallest absolute Gasteiger partial charge is 0.0206 e. The van der Waals surface area contributed by atoms with Crippen LogP contribution in [0, 0.1) is 5.92 Å². The Morgan fingerprint density at radius 3 is 3.00 bits per heavy atom. The van der Waals surface area contributed by atoms with Gasteiger partial charge in [0, 0.05) is 24.9 Å². The third kappa shape index (κ3) is 1.07. The first-order valence-corrected chi connectivity index (χ1v) is 4.14. The van der Waals surface area contributed by atoms with Crippen LogP contribution in [0.5, 0.6) is 0 Å². The van der Waals surface area contributed by atoms with Crippen LogP contribution in [-0.2, 0) is 7.05 Å². The van der Waals surface area contributed by atoms with Crippen LogP contribution in [-0.4, -0.2) is 11.1 Å². The topological polar surface area (TPSA) is 30.9 Å². The van der Waals surface area contributed by atoms with Crippen LogP contribution in [0.1, 0.15) is 18.0 Å². The molecule has 2 rings (SSSR count). The summed E-state index contributed by atoms with van der Waals surface area (Å²) in [6, 6.07) is 4.29. The van der Waals surface area contributed by atoms with Crippen LogP contribution in [0.15, 0.2) is 18.3 Å². The van der Waals surface area contributed by atoms with E-state index >= 15 is 0 Å². The number of aromatic nitrogens is 1. The maximum Gasteiger partial charge on any atom is 0.0206 e. The Bertz CT molecular complexity index is 252. The molecule has 2 heteroatoms. The minimum Gasteiger partial charge on any atom is -0.354 e. The molecule has 1 aliphatic carbocycles. The van der Waals surface area contributed by atoms with Crippen molar-refractivity contribution in [2.24, 2.45) is 18.7 Å². The van der Waals surface area contributed by atoms with Crippen molar-refractivity contribution >= 4 is 0 Å². The van der Waals surface area contributed by atoms with Crippen molar-refractivity contribution in [3.63, 3.8) is 0 Å². The van der Waals surface area contributed by atoms with Gasteiger partial charge in [-0.1, -0.05) is 0 Å². The first-order chi connectivity index (χ1) is 5.33. The Hall–Kier alpha value is -0.760. The van der Waals surface area contributed by atoms with Gasteiger partial charge in [0.15, 0.2) is 0 Å². The maximum absolute atomic E-state index is 5.57. The Morgan fingerprint density at radius 1 is 1.73 bits per heavy atom. The minimum atomic E-state index is 0.750. The SMILES string of the molecule is Cn1cccc1[C@@H]1C[C@@H]1CN. The van der Waals surface area contributed by atoms with Crippen molar-refractivity contribution in [1.82, 2.24) is 4.57 Å². The Kier molecular flexibility index (Phi) is 1.50. The van der Waals surface area contributed by atoms with Gasteiger partial charge in [0.1, 0.15) is 0 Å². The molecule has 1 heterocycles. The van der Waals surface area contributed by atoms with Crippen molar-refractivity contribution in [1.29, 1.82) is 0 Å². The quantitative estimate of drug-likeness (QED) is 0.672. The lowest BCUT2D eigenvalue weighted by Crippen LogP contribution is -2.03. The summed E-state index contributed by atoms with van der Waals surface area (Å²) in [6.07, 6.45) is 3.38. The molecule has 1 fully saturated rings. The van der Waals surface area contributed by atoms with Gasteiger partial charge < -0.3 is 10.3 Å². The van der Waals surface area contributed by atoms with Crippen molar-refractivity contribution < 1.29 is 0 Å². The van der Waals surface area contributed by atoms with Gasteiger partial charge in [-0.25, -0.2) is 0 Å². The van der Waals surface area contributed by atoms with E-state index in [0.717, 1.165) is 18.4 Å². The zero-order chi connectivity index (χ0) is 7.84. The molecule has 0 spiro atoms. The van der Waals surface area contributed by atoms with Crippen LogP contribution in [0.25, 0.3) is 0 Å². The van der Waals surface area contributed by atoms with E-state index in [1.54, 1.807) is 0 Å². The van der Waals surface area contributed by atoms with Crippen molar-refractivity contribution in [3.8, 4) is 0 Å². The van der Waals surface area contributed by atoms with Crippen molar-refractivity contribution in [2.45, 2.75) is 12.3 Å². The number of hydrogen-bond donors (Lipinski definition) is 1. The number of aryl methyl sites for hydroxylation is 1. The molecule has 1 aromatic rings. The summed E-state index contributed by atoms with van der Waals surface area (Å²) in [7, 11) is 2.10. The highest BCUT2D eigenvalue weighted by atomic mass is 14.9. The van der Waals surface area contributed by atoms with Crippen LogP contribution >= 0.6 is 0 Å². The summed E-state index contributed by atoms with van der Waals surface area (Å²) in [6.45, 7) is 0.843. The molecule has 0 aliphatic heterocycles. The monoisotopic (exact) mass is 150 g/mol. The van der Waals surface area contributed by atoms with Gasteiger partial charge in [0.25, 0.3) is 0 Å². The highest BCUT2D eigenvalue weighted by Crippen LogP contribution is 2.46. The van der Waals surface area contributed by atoms with Crippen LogP contribution < -0.4 is 5.73 Å². The van der Waals surface area contributed by atoms with E-state index < -0.39 is 0 Å². The molecule has 0 radical (unpaired) electrons. The summed E-state index contributed by atoms with van der Waals surface area (Å²) in [4.78, 5) is 0. The second-order valence-corrected chi connectivity index (χ2v) is 3.38.